The first-order valence-corrected chi connectivity index (χ1v) is 9.60. The molecule has 0 aliphatic carbocycles. The van der Waals surface area contributed by atoms with Crippen LogP contribution in [0.4, 0.5) is 0 Å². The van der Waals surface area contributed by atoms with Crippen LogP contribution in [0.2, 0.25) is 0 Å². The van der Waals surface area contributed by atoms with E-state index in [4.69, 9.17) is 13.9 Å². The summed E-state index contributed by atoms with van der Waals surface area (Å²) in [4.78, 5) is 37.6. The lowest BCUT2D eigenvalue weighted by Gasteiger charge is -2.18. The van der Waals surface area contributed by atoms with Crippen LogP contribution >= 0.6 is 0 Å². The van der Waals surface area contributed by atoms with Gasteiger partial charge in [-0.2, -0.15) is 5.10 Å². The van der Waals surface area contributed by atoms with Gasteiger partial charge in [-0.05, 0) is 48.7 Å². The molecule has 30 heavy (non-hydrogen) atoms. The molecule has 9 nitrogen and oxygen atoms in total. The maximum atomic E-state index is 12.1. The van der Waals surface area contributed by atoms with Crippen molar-refractivity contribution in [3.05, 3.63) is 47.9 Å². The van der Waals surface area contributed by atoms with Gasteiger partial charge in [0.2, 0.25) is 11.7 Å². The summed E-state index contributed by atoms with van der Waals surface area (Å²) in [5.74, 6) is -0.392. The van der Waals surface area contributed by atoms with Gasteiger partial charge in [0, 0.05) is 13.0 Å². The van der Waals surface area contributed by atoms with Crippen LogP contribution < -0.4 is 14.9 Å². The highest BCUT2D eigenvalue weighted by Crippen LogP contribution is 2.28. The Balaban J connectivity index is 1.56. The molecule has 158 valence electrons. The lowest BCUT2D eigenvalue weighted by atomic mass is 10.2. The maximum Gasteiger partial charge on any atom is 0.379 e. The van der Waals surface area contributed by atoms with Crippen molar-refractivity contribution in [2.45, 2.75) is 25.7 Å². The summed E-state index contributed by atoms with van der Waals surface area (Å²) in [6, 6.07) is 7.90. The summed E-state index contributed by atoms with van der Waals surface area (Å²) in [5, 5.41) is 3.92. The highest BCUT2D eigenvalue weighted by atomic mass is 16.6. The van der Waals surface area contributed by atoms with E-state index < -0.39 is 5.97 Å². The van der Waals surface area contributed by atoms with Gasteiger partial charge in [0.25, 0.3) is 5.91 Å². The van der Waals surface area contributed by atoms with E-state index in [9.17, 15) is 14.4 Å². The molecule has 1 aliphatic rings. The summed E-state index contributed by atoms with van der Waals surface area (Å²) in [7, 11) is 1.44. The summed E-state index contributed by atoms with van der Waals surface area (Å²) in [6.07, 6.45) is 6.06. The fourth-order valence-electron chi connectivity index (χ4n) is 2.99. The number of likely N-dealkylation sites (tertiary alicyclic amines) is 1. The Morgan fingerprint density at radius 2 is 2.10 bits per heavy atom. The Morgan fingerprint density at radius 3 is 2.87 bits per heavy atom. The number of hydrogen-bond donors (Lipinski definition) is 1. The molecule has 1 saturated heterocycles. The Bertz CT molecular complexity index is 923. The molecule has 1 aromatic carbocycles. The van der Waals surface area contributed by atoms with Crippen LogP contribution in [0.3, 0.4) is 0 Å². The van der Waals surface area contributed by atoms with Gasteiger partial charge >= 0.3 is 5.97 Å². The average Bonchev–Trinajstić information content (AvgIpc) is 3.21. The van der Waals surface area contributed by atoms with E-state index in [1.807, 2.05) is 0 Å². The van der Waals surface area contributed by atoms with Crippen molar-refractivity contribution < 1.29 is 28.3 Å². The molecule has 0 saturated carbocycles. The first-order chi connectivity index (χ1) is 14.6. The molecule has 0 unspecified atom stereocenters. The first kappa shape index (κ1) is 21.1. The number of carbonyl (C=O) groups is 3. The van der Waals surface area contributed by atoms with Crippen LogP contribution in [-0.4, -0.2) is 49.1 Å². The zero-order valence-electron chi connectivity index (χ0n) is 16.6. The number of carbonyl (C=O) groups excluding carboxylic acids is 3. The SMILES string of the molecule is COc1cc(/C=N\NC(=O)CN2CCCCCC2=O)ccc1OC(=O)c1ccco1. The van der Waals surface area contributed by atoms with Gasteiger partial charge in [0.15, 0.2) is 11.5 Å². The number of furan rings is 1. The number of esters is 1. The number of rotatable bonds is 7. The third-order valence-corrected chi connectivity index (χ3v) is 4.52. The minimum atomic E-state index is -0.643. The first-order valence-electron chi connectivity index (χ1n) is 9.60. The van der Waals surface area contributed by atoms with E-state index in [1.54, 1.807) is 29.2 Å². The highest BCUT2D eigenvalue weighted by molar-refractivity contribution is 5.89. The van der Waals surface area contributed by atoms with Crippen molar-refractivity contribution in [2.75, 3.05) is 20.2 Å². The number of nitrogens with zero attached hydrogens (tertiary/aromatic N) is 2. The smallest absolute Gasteiger partial charge is 0.379 e. The van der Waals surface area contributed by atoms with Crippen molar-refractivity contribution in [3.63, 3.8) is 0 Å². The number of nitrogens with one attached hydrogen (secondary N) is 1. The predicted octanol–water partition coefficient (Wildman–Crippen LogP) is 2.36. The molecule has 3 rings (SSSR count). The van der Waals surface area contributed by atoms with Crippen molar-refractivity contribution in [2.24, 2.45) is 5.10 Å². The molecule has 1 N–H and O–H groups in total. The summed E-state index contributed by atoms with van der Waals surface area (Å²) in [6.45, 7) is 0.576. The molecule has 1 aromatic heterocycles. The molecule has 2 heterocycles. The fraction of sp³-hybridized carbons (Fsp3) is 0.333. The molecular weight excluding hydrogens is 390 g/mol. The molecule has 1 aliphatic heterocycles. The minimum Gasteiger partial charge on any atom is -0.493 e. The van der Waals surface area contributed by atoms with E-state index in [-0.39, 0.29) is 29.9 Å². The molecular formula is C21H23N3O6. The minimum absolute atomic E-state index is 0.00366. The zero-order chi connectivity index (χ0) is 21.3. The van der Waals surface area contributed by atoms with E-state index in [0.717, 1.165) is 19.3 Å². The molecule has 0 spiro atoms. The summed E-state index contributed by atoms with van der Waals surface area (Å²) < 4.78 is 15.5. The number of benzene rings is 1. The number of hydrogen-bond acceptors (Lipinski definition) is 7. The van der Waals surface area contributed by atoms with Crippen molar-refractivity contribution in [1.82, 2.24) is 10.3 Å². The van der Waals surface area contributed by atoms with Gasteiger partial charge < -0.3 is 18.8 Å². The predicted molar refractivity (Wildman–Crippen MR) is 107 cm³/mol. The number of methoxy groups -OCH3 is 1. The molecule has 0 atom stereocenters. The van der Waals surface area contributed by atoms with E-state index >= 15 is 0 Å². The molecule has 2 aromatic rings. The number of hydrazone groups is 1. The lowest BCUT2D eigenvalue weighted by Crippen LogP contribution is -2.39. The van der Waals surface area contributed by atoms with Crippen molar-refractivity contribution in [3.8, 4) is 11.5 Å². The van der Waals surface area contributed by atoms with Crippen LogP contribution in [0.5, 0.6) is 11.5 Å². The molecule has 0 radical (unpaired) electrons. The Labute approximate surface area is 173 Å². The largest absolute Gasteiger partial charge is 0.493 e. The Hall–Kier alpha value is -3.62. The van der Waals surface area contributed by atoms with E-state index in [1.165, 1.54) is 25.7 Å². The van der Waals surface area contributed by atoms with E-state index in [0.29, 0.717) is 24.3 Å². The number of amides is 2. The van der Waals surface area contributed by atoms with Gasteiger partial charge in [-0.15, -0.1) is 0 Å². The van der Waals surface area contributed by atoms with Crippen LogP contribution in [0, 0.1) is 0 Å². The van der Waals surface area contributed by atoms with Crippen molar-refractivity contribution >= 4 is 24.0 Å². The molecule has 1 fully saturated rings. The fourth-order valence-corrected chi connectivity index (χ4v) is 2.99. The normalized spacial score (nSPS) is 14.4. The van der Waals surface area contributed by atoms with E-state index in [2.05, 4.69) is 10.5 Å². The highest BCUT2D eigenvalue weighted by Gasteiger charge is 2.19. The zero-order valence-corrected chi connectivity index (χ0v) is 16.6. The van der Waals surface area contributed by atoms with Crippen LogP contribution in [0.1, 0.15) is 41.8 Å². The average molecular weight is 413 g/mol. The molecule has 2 amide bonds. The quantitative estimate of drug-likeness (QED) is 0.323. The standard InChI is InChI=1S/C21H23N3O6/c1-28-18-12-15(8-9-16(18)30-21(27)17-6-5-11-29-17)13-22-23-19(25)14-24-10-4-2-3-7-20(24)26/h5-6,8-9,11-13H,2-4,7,10,14H2,1H3,(H,23,25)/b22-13-. The lowest BCUT2D eigenvalue weighted by molar-refractivity contribution is -0.135. The van der Waals surface area contributed by atoms with Crippen molar-refractivity contribution in [1.29, 1.82) is 0 Å². The maximum absolute atomic E-state index is 12.1. The Kier molecular flexibility index (Phi) is 7.20. The Morgan fingerprint density at radius 1 is 1.23 bits per heavy atom. The monoisotopic (exact) mass is 413 g/mol. The van der Waals surface area contributed by atoms with Crippen LogP contribution in [0.25, 0.3) is 0 Å². The second-order valence-corrected chi connectivity index (χ2v) is 6.70. The second-order valence-electron chi connectivity index (χ2n) is 6.70. The van der Waals surface area contributed by atoms with Gasteiger partial charge in [-0.25, -0.2) is 10.2 Å². The third-order valence-electron chi connectivity index (χ3n) is 4.52. The van der Waals surface area contributed by atoms with Crippen LogP contribution in [-0.2, 0) is 9.59 Å². The second kappa shape index (κ2) is 10.2. The molecule has 9 heteroatoms. The van der Waals surface area contributed by atoms with Gasteiger partial charge in [-0.1, -0.05) is 6.42 Å². The van der Waals surface area contributed by atoms with Gasteiger partial charge in [0.05, 0.1) is 19.6 Å². The molecule has 0 bridgehead atoms. The number of ether oxygens (including phenoxy) is 2. The summed E-state index contributed by atoms with van der Waals surface area (Å²) in [5.41, 5.74) is 3.04. The van der Waals surface area contributed by atoms with Gasteiger partial charge in [-0.3, -0.25) is 9.59 Å². The summed E-state index contributed by atoms with van der Waals surface area (Å²) >= 11 is 0. The van der Waals surface area contributed by atoms with Gasteiger partial charge in [0.1, 0.15) is 6.54 Å². The topological polar surface area (TPSA) is 110 Å². The van der Waals surface area contributed by atoms with Crippen LogP contribution in [0.15, 0.2) is 46.1 Å². The third kappa shape index (κ3) is 5.69.